The summed E-state index contributed by atoms with van der Waals surface area (Å²) in [6.07, 6.45) is 4.80. The third-order valence-corrected chi connectivity index (χ3v) is 4.68. The van der Waals surface area contributed by atoms with Crippen molar-refractivity contribution in [2.45, 2.75) is 19.4 Å². The fourth-order valence-corrected chi connectivity index (χ4v) is 3.28. The Hall–Kier alpha value is -3.22. The number of aromatic amines is 1. The summed E-state index contributed by atoms with van der Waals surface area (Å²) in [5, 5.41) is 4.60. The van der Waals surface area contributed by atoms with Gasteiger partial charge in [-0.25, -0.2) is 0 Å². The van der Waals surface area contributed by atoms with Gasteiger partial charge in [-0.1, -0.05) is 12.1 Å². The van der Waals surface area contributed by atoms with Crippen LogP contribution in [-0.2, 0) is 6.54 Å². The van der Waals surface area contributed by atoms with E-state index in [1.807, 2.05) is 0 Å². The molecule has 1 aliphatic heterocycles. The monoisotopic (exact) mass is 350 g/mol. The van der Waals surface area contributed by atoms with Gasteiger partial charge in [-0.2, -0.15) is 5.10 Å². The molecule has 1 amide bonds. The first-order chi connectivity index (χ1) is 12.6. The molecule has 0 unspecified atom stereocenters. The molecule has 7 nitrogen and oxygen atoms in total. The van der Waals surface area contributed by atoms with Crippen LogP contribution in [0.15, 0.2) is 47.5 Å². The standard InChI is InChI=1S/C19H18N4O3/c24-17-11-21-23(16-6-2-1-5-14(16)17)12-18(25)13-9-15(20-10-13)19(26)22-7-3-4-8-22/h1-2,5-6,9-11,20H,3-4,7-8,12H2. The van der Waals surface area contributed by atoms with Gasteiger partial charge in [0, 0.05) is 30.2 Å². The molecule has 0 radical (unpaired) electrons. The van der Waals surface area contributed by atoms with Gasteiger partial charge in [-0.05, 0) is 31.0 Å². The molecule has 3 aromatic rings. The molecule has 0 atom stereocenters. The van der Waals surface area contributed by atoms with Crippen molar-refractivity contribution in [2.75, 3.05) is 13.1 Å². The Balaban J connectivity index is 1.57. The number of ketones is 1. The quantitative estimate of drug-likeness (QED) is 0.727. The summed E-state index contributed by atoms with van der Waals surface area (Å²) in [6, 6.07) is 8.64. The molecular formula is C19H18N4O3. The Bertz CT molecular complexity index is 1040. The fraction of sp³-hybridized carbons (Fsp3) is 0.263. The summed E-state index contributed by atoms with van der Waals surface area (Å²) in [5.74, 6) is -0.253. The molecule has 7 heteroatoms. The van der Waals surface area contributed by atoms with Crippen molar-refractivity contribution < 1.29 is 9.59 Å². The predicted molar refractivity (Wildman–Crippen MR) is 96.3 cm³/mol. The van der Waals surface area contributed by atoms with E-state index in [4.69, 9.17) is 0 Å². The third kappa shape index (κ3) is 2.92. The zero-order valence-electron chi connectivity index (χ0n) is 14.1. The van der Waals surface area contributed by atoms with E-state index < -0.39 is 0 Å². The Labute approximate surface area is 149 Å². The summed E-state index contributed by atoms with van der Waals surface area (Å²) >= 11 is 0. The summed E-state index contributed by atoms with van der Waals surface area (Å²) in [5.41, 5.74) is 1.28. The van der Waals surface area contributed by atoms with Crippen LogP contribution in [-0.4, -0.2) is 44.4 Å². The maximum absolute atomic E-state index is 12.6. The Morgan fingerprint density at radius 3 is 2.73 bits per heavy atom. The molecule has 2 aromatic heterocycles. The number of carbonyl (C=O) groups is 2. The number of nitrogens with one attached hydrogen (secondary N) is 1. The number of amides is 1. The van der Waals surface area contributed by atoms with E-state index in [1.54, 1.807) is 41.4 Å². The minimum Gasteiger partial charge on any atom is -0.356 e. The van der Waals surface area contributed by atoms with Crippen molar-refractivity contribution in [1.29, 1.82) is 0 Å². The maximum Gasteiger partial charge on any atom is 0.270 e. The highest BCUT2D eigenvalue weighted by molar-refractivity contribution is 6.00. The third-order valence-electron chi connectivity index (χ3n) is 4.68. The van der Waals surface area contributed by atoms with Gasteiger partial charge in [-0.15, -0.1) is 0 Å². The highest BCUT2D eigenvalue weighted by Crippen LogP contribution is 2.14. The molecule has 0 bridgehead atoms. The lowest BCUT2D eigenvalue weighted by Gasteiger charge is -2.13. The van der Waals surface area contributed by atoms with Crippen LogP contribution in [0.1, 0.15) is 33.7 Å². The summed E-state index contributed by atoms with van der Waals surface area (Å²) in [4.78, 5) is 41.6. The van der Waals surface area contributed by atoms with Crippen LogP contribution in [0.5, 0.6) is 0 Å². The van der Waals surface area contributed by atoms with Gasteiger partial charge in [0.25, 0.3) is 5.91 Å². The molecule has 1 aromatic carbocycles. The molecule has 1 N–H and O–H groups in total. The van der Waals surface area contributed by atoms with Crippen molar-refractivity contribution in [1.82, 2.24) is 19.7 Å². The average Bonchev–Trinajstić information content (AvgIpc) is 3.36. The minimum atomic E-state index is -0.178. The highest BCUT2D eigenvalue weighted by atomic mass is 16.2. The zero-order chi connectivity index (χ0) is 18.1. The Kier molecular flexibility index (Phi) is 4.12. The number of carbonyl (C=O) groups excluding carboxylic acids is 2. The summed E-state index contributed by atoms with van der Waals surface area (Å²) in [7, 11) is 0. The van der Waals surface area contributed by atoms with Gasteiger partial charge >= 0.3 is 0 Å². The molecular weight excluding hydrogens is 332 g/mol. The Morgan fingerprint density at radius 2 is 1.92 bits per heavy atom. The van der Waals surface area contributed by atoms with E-state index in [2.05, 4.69) is 10.1 Å². The van der Waals surface area contributed by atoms with Crippen molar-refractivity contribution in [2.24, 2.45) is 0 Å². The van der Waals surface area contributed by atoms with Crippen LogP contribution in [0, 0.1) is 0 Å². The molecule has 1 saturated heterocycles. The molecule has 0 spiro atoms. The average molecular weight is 350 g/mol. The summed E-state index contributed by atoms with van der Waals surface area (Å²) < 4.78 is 1.51. The maximum atomic E-state index is 12.6. The van der Waals surface area contributed by atoms with E-state index in [0.717, 1.165) is 25.9 Å². The van der Waals surface area contributed by atoms with Crippen LogP contribution in [0.25, 0.3) is 10.9 Å². The molecule has 26 heavy (non-hydrogen) atoms. The van der Waals surface area contributed by atoms with Crippen LogP contribution < -0.4 is 5.43 Å². The van der Waals surface area contributed by atoms with Crippen LogP contribution in [0.4, 0.5) is 0 Å². The van der Waals surface area contributed by atoms with Crippen molar-refractivity contribution >= 4 is 22.6 Å². The Morgan fingerprint density at radius 1 is 1.15 bits per heavy atom. The number of H-pyrrole nitrogens is 1. The van der Waals surface area contributed by atoms with Crippen LogP contribution in [0.3, 0.4) is 0 Å². The number of hydrogen-bond donors (Lipinski definition) is 1. The predicted octanol–water partition coefficient (Wildman–Crippen LogP) is 1.84. The van der Waals surface area contributed by atoms with E-state index in [9.17, 15) is 14.4 Å². The highest BCUT2D eigenvalue weighted by Gasteiger charge is 2.22. The van der Waals surface area contributed by atoms with Crippen LogP contribution >= 0.6 is 0 Å². The topological polar surface area (TPSA) is 88.1 Å². The smallest absolute Gasteiger partial charge is 0.270 e. The second kappa shape index (κ2) is 6.59. The van der Waals surface area contributed by atoms with Crippen molar-refractivity contribution in [3.63, 3.8) is 0 Å². The summed E-state index contributed by atoms with van der Waals surface area (Å²) in [6.45, 7) is 1.51. The number of likely N-dealkylation sites (tertiary alicyclic amines) is 1. The molecule has 1 fully saturated rings. The van der Waals surface area contributed by atoms with Gasteiger partial charge in [0.1, 0.15) is 12.2 Å². The number of aromatic nitrogens is 3. The van der Waals surface area contributed by atoms with Crippen LogP contribution in [0.2, 0.25) is 0 Å². The second-order valence-corrected chi connectivity index (χ2v) is 6.41. The lowest BCUT2D eigenvalue weighted by Crippen LogP contribution is -2.27. The number of rotatable bonds is 4. The van der Waals surface area contributed by atoms with E-state index in [0.29, 0.717) is 22.2 Å². The molecule has 0 aliphatic carbocycles. The van der Waals surface area contributed by atoms with Gasteiger partial charge in [0.2, 0.25) is 5.43 Å². The molecule has 3 heterocycles. The SMILES string of the molecule is O=C(Cn1ncc(=O)c2ccccc21)c1c[nH]c(C(=O)N2CCCC2)c1. The van der Waals surface area contributed by atoms with E-state index in [-0.39, 0.29) is 23.7 Å². The van der Waals surface area contributed by atoms with Gasteiger partial charge in [0.05, 0.1) is 11.7 Å². The van der Waals surface area contributed by atoms with E-state index >= 15 is 0 Å². The molecule has 0 saturated carbocycles. The number of hydrogen-bond acceptors (Lipinski definition) is 4. The lowest BCUT2D eigenvalue weighted by molar-refractivity contribution is 0.0787. The number of nitrogens with zero attached hydrogens (tertiary/aromatic N) is 3. The largest absolute Gasteiger partial charge is 0.356 e. The first-order valence-corrected chi connectivity index (χ1v) is 8.59. The molecule has 1 aliphatic rings. The minimum absolute atomic E-state index is 0.00398. The second-order valence-electron chi connectivity index (χ2n) is 6.41. The van der Waals surface area contributed by atoms with Gasteiger partial charge in [0.15, 0.2) is 5.78 Å². The zero-order valence-corrected chi connectivity index (χ0v) is 14.1. The van der Waals surface area contributed by atoms with Gasteiger partial charge in [-0.3, -0.25) is 19.1 Å². The first-order valence-electron chi connectivity index (χ1n) is 8.59. The number of Topliss-reactive ketones (excluding diaryl/α,β-unsaturated/α-hetero) is 1. The lowest BCUT2D eigenvalue weighted by atomic mass is 10.2. The fourth-order valence-electron chi connectivity index (χ4n) is 3.28. The number of benzene rings is 1. The first kappa shape index (κ1) is 16.3. The van der Waals surface area contributed by atoms with Crippen molar-refractivity contribution in [3.05, 3.63) is 64.2 Å². The normalized spacial score (nSPS) is 14.1. The number of para-hydroxylation sites is 1. The number of fused-ring (bicyclic) bond motifs is 1. The molecule has 132 valence electrons. The van der Waals surface area contributed by atoms with E-state index in [1.165, 1.54) is 10.9 Å². The molecule has 4 rings (SSSR count). The van der Waals surface area contributed by atoms with Gasteiger partial charge < -0.3 is 9.88 Å². The van der Waals surface area contributed by atoms with Crippen molar-refractivity contribution in [3.8, 4) is 0 Å².